The van der Waals surface area contributed by atoms with E-state index in [9.17, 15) is 4.79 Å². The summed E-state index contributed by atoms with van der Waals surface area (Å²) < 4.78 is 5.17. The van der Waals surface area contributed by atoms with Gasteiger partial charge in [0.25, 0.3) is 5.91 Å². The number of rotatable bonds is 4. The number of benzene rings is 1. The number of carbonyl (C=O) groups excluding carboxylic acids is 1. The summed E-state index contributed by atoms with van der Waals surface area (Å²) in [5.41, 5.74) is 1.62. The van der Waals surface area contributed by atoms with E-state index in [1.807, 2.05) is 32.0 Å². The van der Waals surface area contributed by atoms with Gasteiger partial charge in [0.2, 0.25) is 0 Å². The number of amides is 1. The van der Waals surface area contributed by atoms with Crippen LogP contribution in [0, 0.1) is 6.92 Å². The van der Waals surface area contributed by atoms with Crippen LogP contribution in [0.5, 0.6) is 0 Å². The molecule has 0 unspecified atom stereocenters. The second-order valence-corrected chi connectivity index (χ2v) is 5.13. The zero-order valence-electron chi connectivity index (χ0n) is 11.7. The monoisotopic (exact) mass is 292 g/mol. The Morgan fingerprint density at radius 1 is 1.45 bits per heavy atom. The quantitative estimate of drug-likeness (QED) is 0.931. The lowest BCUT2D eigenvalue weighted by Gasteiger charge is -2.11. The SMILES string of the molecule is CC[C@H](C)NC(=O)c1c(-c2ccccc2Cl)noc1C. The lowest BCUT2D eigenvalue weighted by Crippen LogP contribution is -2.32. The van der Waals surface area contributed by atoms with Gasteiger partial charge in [-0.25, -0.2) is 0 Å². The van der Waals surface area contributed by atoms with E-state index >= 15 is 0 Å². The first-order valence-electron chi connectivity index (χ1n) is 6.56. The number of aromatic nitrogens is 1. The average Bonchev–Trinajstić information content (AvgIpc) is 2.81. The summed E-state index contributed by atoms with van der Waals surface area (Å²) in [4.78, 5) is 12.3. The van der Waals surface area contributed by atoms with Crippen molar-refractivity contribution in [2.45, 2.75) is 33.2 Å². The van der Waals surface area contributed by atoms with Crippen LogP contribution in [-0.4, -0.2) is 17.1 Å². The molecule has 4 nitrogen and oxygen atoms in total. The summed E-state index contributed by atoms with van der Waals surface area (Å²) in [6, 6.07) is 7.35. The van der Waals surface area contributed by atoms with Gasteiger partial charge >= 0.3 is 0 Å². The maximum absolute atomic E-state index is 12.3. The molecule has 0 saturated carbocycles. The molecule has 1 amide bonds. The van der Waals surface area contributed by atoms with Crippen molar-refractivity contribution in [3.05, 3.63) is 40.6 Å². The van der Waals surface area contributed by atoms with Crippen molar-refractivity contribution in [3.63, 3.8) is 0 Å². The Bertz CT molecular complexity index is 622. The van der Waals surface area contributed by atoms with Crippen LogP contribution in [0.4, 0.5) is 0 Å². The van der Waals surface area contributed by atoms with Gasteiger partial charge in [-0.3, -0.25) is 4.79 Å². The van der Waals surface area contributed by atoms with E-state index in [1.165, 1.54) is 0 Å². The van der Waals surface area contributed by atoms with Gasteiger partial charge in [0.15, 0.2) is 0 Å². The molecule has 5 heteroatoms. The number of nitrogens with one attached hydrogen (secondary N) is 1. The molecular weight excluding hydrogens is 276 g/mol. The van der Waals surface area contributed by atoms with Crippen molar-refractivity contribution in [2.24, 2.45) is 0 Å². The molecule has 1 heterocycles. The summed E-state index contributed by atoms with van der Waals surface area (Å²) >= 11 is 6.16. The first-order valence-corrected chi connectivity index (χ1v) is 6.94. The van der Waals surface area contributed by atoms with Gasteiger partial charge in [0, 0.05) is 11.6 Å². The Labute approximate surface area is 123 Å². The number of halogens is 1. The predicted octanol–water partition coefficient (Wildman–Crippen LogP) is 3.83. The van der Waals surface area contributed by atoms with Gasteiger partial charge in [-0.15, -0.1) is 0 Å². The topological polar surface area (TPSA) is 55.1 Å². The van der Waals surface area contributed by atoms with Gasteiger partial charge in [0.05, 0.1) is 5.02 Å². The van der Waals surface area contributed by atoms with Crippen LogP contribution >= 0.6 is 11.6 Å². The van der Waals surface area contributed by atoms with Crippen LogP contribution in [0.1, 0.15) is 36.4 Å². The molecule has 1 aromatic carbocycles. The van der Waals surface area contributed by atoms with Gasteiger partial charge in [0.1, 0.15) is 17.0 Å². The van der Waals surface area contributed by atoms with E-state index in [2.05, 4.69) is 10.5 Å². The molecule has 0 aliphatic carbocycles. The summed E-state index contributed by atoms with van der Waals surface area (Å²) in [5, 5.41) is 7.44. The Kier molecular flexibility index (Phi) is 4.45. The molecule has 0 radical (unpaired) electrons. The highest BCUT2D eigenvalue weighted by Gasteiger charge is 2.23. The smallest absolute Gasteiger partial charge is 0.257 e. The zero-order valence-corrected chi connectivity index (χ0v) is 12.5. The summed E-state index contributed by atoms with van der Waals surface area (Å²) in [5.74, 6) is 0.300. The van der Waals surface area contributed by atoms with Crippen molar-refractivity contribution in [2.75, 3.05) is 0 Å². The van der Waals surface area contributed by atoms with Crippen LogP contribution in [0.3, 0.4) is 0 Å². The zero-order chi connectivity index (χ0) is 14.7. The van der Waals surface area contributed by atoms with Crippen LogP contribution < -0.4 is 5.32 Å². The number of aryl methyl sites for hydroxylation is 1. The normalized spacial score (nSPS) is 12.2. The van der Waals surface area contributed by atoms with E-state index in [-0.39, 0.29) is 11.9 Å². The Balaban J connectivity index is 2.43. The van der Waals surface area contributed by atoms with Gasteiger partial charge in [-0.2, -0.15) is 0 Å². The highest BCUT2D eigenvalue weighted by atomic mass is 35.5. The Hall–Kier alpha value is -1.81. The fourth-order valence-electron chi connectivity index (χ4n) is 1.87. The third kappa shape index (κ3) is 2.85. The number of carbonyl (C=O) groups is 1. The molecule has 2 rings (SSSR count). The van der Waals surface area contributed by atoms with Crippen molar-refractivity contribution in [3.8, 4) is 11.3 Å². The van der Waals surface area contributed by atoms with Crippen molar-refractivity contribution >= 4 is 17.5 Å². The van der Waals surface area contributed by atoms with Crippen LogP contribution in [0.15, 0.2) is 28.8 Å². The molecule has 106 valence electrons. The lowest BCUT2D eigenvalue weighted by atomic mass is 10.1. The van der Waals surface area contributed by atoms with Crippen LogP contribution in [-0.2, 0) is 0 Å². The number of hydrogen-bond donors (Lipinski definition) is 1. The van der Waals surface area contributed by atoms with E-state index in [1.54, 1.807) is 13.0 Å². The van der Waals surface area contributed by atoms with Crippen molar-refractivity contribution in [1.29, 1.82) is 0 Å². The number of hydrogen-bond acceptors (Lipinski definition) is 3. The van der Waals surface area contributed by atoms with E-state index < -0.39 is 0 Å². The minimum absolute atomic E-state index is 0.0934. The van der Waals surface area contributed by atoms with Gasteiger partial charge in [-0.05, 0) is 26.3 Å². The molecule has 0 aliphatic rings. The molecule has 2 aromatic rings. The van der Waals surface area contributed by atoms with Crippen molar-refractivity contribution in [1.82, 2.24) is 10.5 Å². The van der Waals surface area contributed by atoms with Crippen LogP contribution in [0.25, 0.3) is 11.3 Å². The summed E-state index contributed by atoms with van der Waals surface area (Å²) in [6.45, 7) is 5.69. The second-order valence-electron chi connectivity index (χ2n) is 4.72. The third-order valence-electron chi connectivity index (χ3n) is 3.21. The predicted molar refractivity (Wildman–Crippen MR) is 78.9 cm³/mol. The molecule has 0 fully saturated rings. The lowest BCUT2D eigenvalue weighted by molar-refractivity contribution is 0.0938. The summed E-state index contributed by atoms with van der Waals surface area (Å²) in [6.07, 6.45) is 0.859. The Morgan fingerprint density at radius 2 is 2.15 bits per heavy atom. The summed E-state index contributed by atoms with van der Waals surface area (Å²) in [7, 11) is 0. The van der Waals surface area contributed by atoms with Gasteiger partial charge in [-0.1, -0.05) is 41.9 Å². The van der Waals surface area contributed by atoms with E-state index in [0.29, 0.717) is 27.6 Å². The van der Waals surface area contributed by atoms with E-state index in [0.717, 1.165) is 6.42 Å². The average molecular weight is 293 g/mol. The molecule has 20 heavy (non-hydrogen) atoms. The first kappa shape index (κ1) is 14.6. The molecule has 0 bridgehead atoms. The molecule has 0 saturated heterocycles. The maximum atomic E-state index is 12.3. The fraction of sp³-hybridized carbons (Fsp3) is 0.333. The minimum atomic E-state index is -0.187. The van der Waals surface area contributed by atoms with Crippen molar-refractivity contribution < 1.29 is 9.32 Å². The van der Waals surface area contributed by atoms with Gasteiger partial charge < -0.3 is 9.84 Å². The number of nitrogens with zero attached hydrogens (tertiary/aromatic N) is 1. The standard InChI is InChI=1S/C15H17ClN2O2/c1-4-9(2)17-15(19)13-10(3)20-18-14(13)11-7-5-6-8-12(11)16/h5-9H,4H2,1-3H3,(H,17,19)/t9-/m0/s1. The molecule has 1 aromatic heterocycles. The van der Waals surface area contributed by atoms with Crippen LogP contribution in [0.2, 0.25) is 5.02 Å². The maximum Gasteiger partial charge on any atom is 0.257 e. The minimum Gasteiger partial charge on any atom is -0.360 e. The van der Waals surface area contributed by atoms with E-state index in [4.69, 9.17) is 16.1 Å². The highest BCUT2D eigenvalue weighted by molar-refractivity contribution is 6.33. The molecule has 1 N–H and O–H groups in total. The molecular formula is C15H17ClN2O2. The highest BCUT2D eigenvalue weighted by Crippen LogP contribution is 2.30. The molecule has 0 spiro atoms. The molecule has 0 aliphatic heterocycles. The first-order chi connectivity index (χ1) is 9.54. The largest absolute Gasteiger partial charge is 0.360 e. The second kappa shape index (κ2) is 6.09. The third-order valence-corrected chi connectivity index (χ3v) is 3.54. The fourth-order valence-corrected chi connectivity index (χ4v) is 2.10. The Morgan fingerprint density at radius 3 is 2.80 bits per heavy atom. The molecule has 1 atom stereocenters.